The molecule has 1 fully saturated rings. The summed E-state index contributed by atoms with van der Waals surface area (Å²) in [5.74, 6) is -0.570. The lowest BCUT2D eigenvalue weighted by Gasteiger charge is -2.28. The molecule has 0 bridgehead atoms. The van der Waals surface area contributed by atoms with E-state index in [1.807, 2.05) is 42.0 Å². The molecule has 1 aliphatic heterocycles. The number of halogens is 2. The van der Waals surface area contributed by atoms with Crippen LogP contribution in [0.2, 0.25) is 5.02 Å². The number of hydrogen-bond acceptors (Lipinski definition) is 3. The van der Waals surface area contributed by atoms with Crippen LogP contribution >= 0.6 is 28.6 Å². The Balaban J connectivity index is 0.00000176. The number of aromatic nitrogens is 2. The van der Waals surface area contributed by atoms with E-state index >= 15 is 0 Å². The normalized spacial score (nSPS) is 24.2. The van der Waals surface area contributed by atoms with Crippen LogP contribution in [-0.2, 0) is 22.4 Å². The minimum atomic E-state index is -0.570. The highest BCUT2D eigenvalue weighted by molar-refractivity contribution is 8.93. The van der Waals surface area contributed by atoms with Gasteiger partial charge in [0, 0.05) is 23.8 Å². The number of imidazole rings is 1. The van der Waals surface area contributed by atoms with E-state index in [2.05, 4.69) is 4.98 Å². The van der Waals surface area contributed by atoms with Crippen molar-refractivity contribution in [1.29, 1.82) is 0 Å². The van der Waals surface area contributed by atoms with Crippen molar-refractivity contribution in [3.63, 3.8) is 0 Å². The summed E-state index contributed by atoms with van der Waals surface area (Å²) >= 11 is 5.92. The molecular weight excluding hydrogens is 368 g/mol. The summed E-state index contributed by atoms with van der Waals surface area (Å²) in [6, 6.07) is 7.92. The van der Waals surface area contributed by atoms with E-state index in [-0.39, 0.29) is 23.1 Å². The first kappa shape index (κ1) is 17.5. The highest BCUT2D eigenvalue weighted by atomic mass is 79.9. The van der Waals surface area contributed by atoms with Gasteiger partial charge in [-0.2, -0.15) is 0 Å². The van der Waals surface area contributed by atoms with Crippen LogP contribution in [0, 0.1) is 0 Å². The minimum Gasteiger partial charge on any atom is -0.345 e. The molecule has 2 unspecified atom stereocenters. The first-order valence-corrected chi connectivity index (χ1v) is 7.55. The molecule has 1 saturated heterocycles. The van der Waals surface area contributed by atoms with Crippen molar-refractivity contribution in [3.8, 4) is 0 Å². The number of aryl methyl sites for hydroxylation is 1. The molecule has 1 aromatic carbocycles. The van der Waals surface area contributed by atoms with Gasteiger partial charge in [0.15, 0.2) is 5.79 Å². The molecule has 2 atom stereocenters. The van der Waals surface area contributed by atoms with Gasteiger partial charge in [-0.25, -0.2) is 4.98 Å². The van der Waals surface area contributed by atoms with Gasteiger partial charge in [-0.1, -0.05) is 23.7 Å². The Labute approximate surface area is 146 Å². The van der Waals surface area contributed by atoms with Crippen LogP contribution < -0.4 is 0 Å². The van der Waals surface area contributed by atoms with Gasteiger partial charge in [0.25, 0.3) is 0 Å². The van der Waals surface area contributed by atoms with Crippen molar-refractivity contribution in [3.05, 3.63) is 53.6 Å². The number of benzene rings is 1. The van der Waals surface area contributed by atoms with Crippen molar-refractivity contribution in [1.82, 2.24) is 9.55 Å². The maximum atomic E-state index is 6.07. The number of hydrogen-bond donors (Lipinski definition) is 0. The fourth-order valence-corrected chi connectivity index (χ4v) is 2.77. The molecule has 6 heteroatoms. The van der Waals surface area contributed by atoms with Crippen molar-refractivity contribution < 1.29 is 9.47 Å². The van der Waals surface area contributed by atoms with E-state index in [0.717, 1.165) is 17.9 Å². The van der Waals surface area contributed by atoms with Crippen LogP contribution in [0.15, 0.2) is 43.0 Å². The Hall–Kier alpha value is -0.880. The summed E-state index contributed by atoms with van der Waals surface area (Å²) in [4.78, 5) is 4.08. The molecule has 0 N–H and O–H groups in total. The van der Waals surface area contributed by atoms with Gasteiger partial charge in [-0.15, -0.1) is 17.0 Å². The lowest BCUT2D eigenvalue weighted by Crippen LogP contribution is -2.36. The smallest absolute Gasteiger partial charge is 0.187 e. The molecule has 1 aliphatic rings. The van der Waals surface area contributed by atoms with Crippen molar-refractivity contribution in [2.24, 2.45) is 0 Å². The number of ether oxygens (including phenoxy) is 2. The monoisotopic (exact) mass is 386 g/mol. The first-order valence-electron chi connectivity index (χ1n) is 7.17. The van der Waals surface area contributed by atoms with Crippen molar-refractivity contribution in [2.45, 2.75) is 38.2 Å². The highest BCUT2D eigenvalue weighted by Crippen LogP contribution is 2.30. The highest BCUT2D eigenvalue weighted by Gasteiger charge is 2.39. The summed E-state index contributed by atoms with van der Waals surface area (Å²) < 4.78 is 14.0. The molecule has 120 valence electrons. The van der Waals surface area contributed by atoms with Crippen LogP contribution in [0.25, 0.3) is 0 Å². The summed E-state index contributed by atoms with van der Waals surface area (Å²) in [6.45, 7) is 3.33. The Bertz CT molecular complexity index is 576. The average Bonchev–Trinajstić information content (AvgIpc) is 3.09. The number of rotatable bonds is 5. The molecule has 2 heterocycles. The van der Waals surface area contributed by atoms with Gasteiger partial charge in [-0.05, 0) is 31.0 Å². The third-order valence-corrected chi connectivity index (χ3v) is 3.94. The molecule has 22 heavy (non-hydrogen) atoms. The Morgan fingerprint density at radius 2 is 2.14 bits per heavy atom. The number of nitrogens with zero attached hydrogens (tertiary/aromatic N) is 2. The van der Waals surface area contributed by atoms with Crippen molar-refractivity contribution >= 4 is 28.6 Å². The molecule has 1 aromatic heterocycles. The van der Waals surface area contributed by atoms with Crippen LogP contribution in [-0.4, -0.2) is 28.0 Å². The largest absolute Gasteiger partial charge is 0.345 e. The molecule has 0 amide bonds. The zero-order chi connectivity index (χ0) is 14.7. The molecule has 0 radical (unpaired) electrons. The zero-order valence-corrected chi connectivity index (χ0v) is 14.9. The molecule has 0 spiro atoms. The van der Waals surface area contributed by atoms with E-state index in [0.29, 0.717) is 13.2 Å². The molecule has 0 aliphatic carbocycles. The van der Waals surface area contributed by atoms with E-state index in [4.69, 9.17) is 21.1 Å². The summed E-state index contributed by atoms with van der Waals surface area (Å²) in [5, 5.41) is 0.758. The Morgan fingerprint density at radius 1 is 1.36 bits per heavy atom. The topological polar surface area (TPSA) is 36.3 Å². The fourth-order valence-electron chi connectivity index (χ4n) is 2.64. The third-order valence-electron chi connectivity index (χ3n) is 3.69. The molecule has 2 aromatic rings. The van der Waals surface area contributed by atoms with Gasteiger partial charge in [0.2, 0.25) is 0 Å². The SMILES string of the molecule is Br.CC1COC(CCc2ccc(Cl)cc2)(Cn2ccnc2)O1. The third kappa shape index (κ3) is 4.32. The Kier molecular flexibility index (Phi) is 6.03. The van der Waals surface area contributed by atoms with Crippen LogP contribution in [0.5, 0.6) is 0 Å². The van der Waals surface area contributed by atoms with E-state index in [1.54, 1.807) is 12.5 Å². The molecular formula is C16H20BrClN2O2. The average molecular weight is 388 g/mol. The predicted octanol–water partition coefficient (Wildman–Crippen LogP) is 3.88. The standard InChI is InChI=1S/C16H19ClN2O2.BrH/c1-13-10-20-16(21-13,11-19-9-8-18-12-19)7-6-14-2-4-15(17)5-3-14;/h2-5,8-9,12-13H,6-7,10-11H2,1H3;1H. The van der Waals surface area contributed by atoms with Crippen LogP contribution in [0.3, 0.4) is 0 Å². The van der Waals surface area contributed by atoms with E-state index in [1.165, 1.54) is 5.56 Å². The fraction of sp³-hybridized carbons (Fsp3) is 0.438. The van der Waals surface area contributed by atoms with Gasteiger partial charge >= 0.3 is 0 Å². The zero-order valence-electron chi connectivity index (χ0n) is 12.4. The second kappa shape index (κ2) is 7.59. The quantitative estimate of drug-likeness (QED) is 0.781. The van der Waals surface area contributed by atoms with Crippen LogP contribution in [0.1, 0.15) is 18.9 Å². The van der Waals surface area contributed by atoms with Crippen LogP contribution in [0.4, 0.5) is 0 Å². The predicted molar refractivity (Wildman–Crippen MR) is 91.6 cm³/mol. The van der Waals surface area contributed by atoms with E-state index < -0.39 is 5.79 Å². The molecule has 0 saturated carbocycles. The van der Waals surface area contributed by atoms with Gasteiger partial charge in [0.1, 0.15) is 0 Å². The van der Waals surface area contributed by atoms with Gasteiger partial charge in [-0.3, -0.25) is 0 Å². The Morgan fingerprint density at radius 3 is 2.73 bits per heavy atom. The molecule has 4 nitrogen and oxygen atoms in total. The first-order chi connectivity index (χ1) is 10.2. The lowest BCUT2D eigenvalue weighted by molar-refractivity contribution is -0.180. The maximum absolute atomic E-state index is 6.07. The lowest BCUT2D eigenvalue weighted by atomic mass is 10.0. The maximum Gasteiger partial charge on any atom is 0.187 e. The molecule has 3 rings (SSSR count). The van der Waals surface area contributed by atoms with Crippen molar-refractivity contribution in [2.75, 3.05) is 6.61 Å². The van der Waals surface area contributed by atoms with Gasteiger partial charge < -0.3 is 14.0 Å². The van der Waals surface area contributed by atoms with E-state index in [9.17, 15) is 0 Å². The second-order valence-electron chi connectivity index (χ2n) is 5.51. The summed E-state index contributed by atoms with van der Waals surface area (Å²) in [7, 11) is 0. The summed E-state index contributed by atoms with van der Waals surface area (Å²) in [6.07, 6.45) is 7.30. The van der Waals surface area contributed by atoms with Gasteiger partial charge in [0.05, 0.1) is 25.6 Å². The second-order valence-corrected chi connectivity index (χ2v) is 5.95. The summed E-state index contributed by atoms with van der Waals surface area (Å²) in [5.41, 5.74) is 1.23. The minimum absolute atomic E-state index is 0.